The van der Waals surface area contributed by atoms with Crippen molar-refractivity contribution in [1.82, 2.24) is 20.0 Å². The van der Waals surface area contributed by atoms with Crippen LogP contribution in [-0.4, -0.2) is 45.6 Å². The molecule has 2 heterocycles. The van der Waals surface area contributed by atoms with Gasteiger partial charge in [-0.25, -0.2) is 0 Å². The lowest BCUT2D eigenvalue weighted by Crippen LogP contribution is -2.44. The zero-order valence-corrected chi connectivity index (χ0v) is 11.4. The average Bonchev–Trinajstić information content (AvgIpc) is 2.74. The monoisotopic (exact) mass is 264 g/mol. The normalized spacial score (nSPS) is 20.3. The number of rotatable bonds is 4. The molecular weight excluding hydrogens is 244 g/mol. The summed E-state index contributed by atoms with van der Waals surface area (Å²) in [7, 11) is 1.89. The predicted molar refractivity (Wildman–Crippen MR) is 70.3 cm³/mol. The Morgan fingerprint density at radius 1 is 1.47 bits per heavy atom. The molecule has 1 aromatic heterocycles. The first-order chi connectivity index (χ1) is 9.11. The number of carbonyl (C=O) groups excluding carboxylic acids is 2. The summed E-state index contributed by atoms with van der Waals surface area (Å²) in [5, 5.41) is 6.87. The maximum Gasteiger partial charge on any atom is 0.245 e. The molecule has 0 saturated carbocycles. The van der Waals surface area contributed by atoms with Crippen molar-refractivity contribution in [2.24, 2.45) is 7.05 Å². The van der Waals surface area contributed by atoms with Crippen molar-refractivity contribution >= 4 is 11.8 Å². The summed E-state index contributed by atoms with van der Waals surface area (Å²) < 4.78 is 1.81. The third-order valence-corrected chi connectivity index (χ3v) is 3.52. The molecule has 0 spiro atoms. The number of aryl methyl sites for hydroxylation is 1. The van der Waals surface area contributed by atoms with Crippen molar-refractivity contribution in [1.29, 1.82) is 0 Å². The summed E-state index contributed by atoms with van der Waals surface area (Å²) in [5.74, 6) is -0.0150. The third-order valence-electron chi connectivity index (χ3n) is 3.52. The SMILES string of the molecule is CCC1NC(=O)CCN(CCc2ccnn2C)C1=O. The number of aromatic nitrogens is 2. The molecule has 0 aromatic carbocycles. The molecule has 1 fully saturated rings. The highest BCUT2D eigenvalue weighted by Gasteiger charge is 2.28. The molecule has 1 aliphatic rings. The fraction of sp³-hybridized carbons (Fsp3) is 0.615. The fourth-order valence-corrected chi connectivity index (χ4v) is 2.29. The largest absolute Gasteiger partial charge is 0.344 e. The highest BCUT2D eigenvalue weighted by molar-refractivity contribution is 5.89. The van der Waals surface area contributed by atoms with E-state index in [-0.39, 0.29) is 17.9 Å². The topological polar surface area (TPSA) is 67.2 Å². The van der Waals surface area contributed by atoms with Gasteiger partial charge < -0.3 is 10.2 Å². The maximum absolute atomic E-state index is 12.3. The zero-order valence-electron chi connectivity index (χ0n) is 11.4. The van der Waals surface area contributed by atoms with E-state index >= 15 is 0 Å². The second kappa shape index (κ2) is 5.86. The molecule has 1 aromatic rings. The van der Waals surface area contributed by atoms with Crippen LogP contribution in [-0.2, 0) is 23.1 Å². The number of nitrogens with zero attached hydrogens (tertiary/aromatic N) is 3. The summed E-state index contributed by atoms with van der Waals surface area (Å²) in [5.41, 5.74) is 1.09. The molecule has 0 aliphatic carbocycles. The summed E-state index contributed by atoms with van der Waals surface area (Å²) in [6, 6.07) is 1.57. The highest BCUT2D eigenvalue weighted by Crippen LogP contribution is 2.08. The third kappa shape index (κ3) is 3.13. The molecule has 2 amide bonds. The van der Waals surface area contributed by atoms with Crippen LogP contribution >= 0.6 is 0 Å². The van der Waals surface area contributed by atoms with E-state index in [1.54, 1.807) is 11.1 Å². The van der Waals surface area contributed by atoms with Crippen LogP contribution in [0.2, 0.25) is 0 Å². The van der Waals surface area contributed by atoms with Crippen LogP contribution in [0.5, 0.6) is 0 Å². The van der Waals surface area contributed by atoms with E-state index in [0.29, 0.717) is 25.9 Å². The van der Waals surface area contributed by atoms with Gasteiger partial charge in [0.25, 0.3) is 0 Å². The first-order valence-electron chi connectivity index (χ1n) is 6.67. The number of nitrogens with one attached hydrogen (secondary N) is 1. The van der Waals surface area contributed by atoms with E-state index in [1.807, 2.05) is 24.7 Å². The molecular formula is C13H20N4O2. The number of hydrogen-bond donors (Lipinski definition) is 1. The lowest BCUT2D eigenvalue weighted by atomic mass is 10.2. The van der Waals surface area contributed by atoms with Crippen molar-refractivity contribution in [3.8, 4) is 0 Å². The van der Waals surface area contributed by atoms with Crippen LogP contribution in [0.4, 0.5) is 0 Å². The van der Waals surface area contributed by atoms with Crippen LogP contribution in [0.25, 0.3) is 0 Å². The summed E-state index contributed by atoms with van der Waals surface area (Å²) >= 11 is 0. The Labute approximate surface area is 112 Å². The van der Waals surface area contributed by atoms with Gasteiger partial charge in [-0.15, -0.1) is 0 Å². The standard InChI is InChI=1S/C13H20N4O2/c1-3-11-13(19)17(9-6-12(18)15-11)8-5-10-4-7-14-16(10)2/h4,7,11H,3,5-6,8-9H2,1-2H3,(H,15,18). The second-order valence-corrected chi connectivity index (χ2v) is 4.80. The summed E-state index contributed by atoms with van der Waals surface area (Å²) in [6.07, 6.45) is 3.52. The van der Waals surface area contributed by atoms with Gasteiger partial charge in [0.2, 0.25) is 11.8 Å². The Bertz CT molecular complexity index is 469. The quantitative estimate of drug-likeness (QED) is 0.838. The van der Waals surface area contributed by atoms with Crippen molar-refractivity contribution < 1.29 is 9.59 Å². The molecule has 6 heteroatoms. The molecule has 1 saturated heterocycles. The Hall–Kier alpha value is -1.85. The zero-order chi connectivity index (χ0) is 13.8. The van der Waals surface area contributed by atoms with Crippen molar-refractivity contribution in [3.63, 3.8) is 0 Å². The van der Waals surface area contributed by atoms with Crippen LogP contribution in [0.15, 0.2) is 12.3 Å². The highest BCUT2D eigenvalue weighted by atomic mass is 16.2. The van der Waals surface area contributed by atoms with Crippen molar-refractivity contribution in [2.45, 2.75) is 32.2 Å². The van der Waals surface area contributed by atoms with Crippen LogP contribution < -0.4 is 5.32 Å². The lowest BCUT2D eigenvalue weighted by Gasteiger charge is -2.23. The molecule has 1 unspecified atom stereocenters. The van der Waals surface area contributed by atoms with Gasteiger partial charge in [0.1, 0.15) is 6.04 Å². The molecule has 1 N–H and O–H groups in total. The molecule has 104 valence electrons. The average molecular weight is 264 g/mol. The Morgan fingerprint density at radius 2 is 2.26 bits per heavy atom. The van der Waals surface area contributed by atoms with Crippen LogP contribution in [0, 0.1) is 0 Å². The first-order valence-corrected chi connectivity index (χ1v) is 6.67. The summed E-state index contributed by atoms with van der Waals surface area (Å²) in [4.78, 5) is 25.6. The van der Waals surface area contributed by atoms with Gasteiger partial charge in [-0.2, -0.15) is 5.10 Å². The van der Waals surface area contributed by atoms with E-state index in [1.165, 1.54) is 0 Å². The van der Waals surface area contributed by atoms with Crippen LogP contribution in [0.1, 0.15) is 25.5 Å². The molecule has 2 rings (SSSR count). The van der Waals surface area contributed by atoms with Crippen molar-refractivity contribution in [3.05, 3.63) is 18.0 Å². The summed E-state index contributed by atoms with van der Waals surface area (Å²) in [6.45, 7) is 3.04. The predicted octanol–water partition coefficient (Wildman–Crippen LogP) is 0.0897. The van der Waals surface area contributed by atoms with E-state index in [2.05, 4.69) is 10.4 Å². The van der Waals surface area contributed by atoms with E-state index in [0.717, 1.165) is 12.1 Å². The minimum atomic E-state index is -0.374. The number of amides is 2. The van der Waals surface area contributed by atoms with E-state index < -0.39 is 0 Å². The van der Waals surface area contributed by atoms with Gasteiger partial charge in [0, 0.05) is 44.9 Å². The Morgan fingerprint density at radius 3 is 2.89 bits per heavy atom. The molecule has 0 radical (unpaired) electrons. The van der Waals surface area contributed by atoms with E-state index in [9.17, 15) is 9.59 Å². The van der Waals surface area contributed by atoms with Crippen molar-refractivity contribution in [2.75, 3.05) is 13.1 Å². The number of carbonyl (C=O) groups is 2. The second-order valence-electron chi connectivity index (χ2n) is 4.80. The molecule has 1 atom stereocenters. The van der Waals surface area contributed by atoms with Gasteiger partial charge in [0.15, 0.2) is 0 Å². The van der Waals surface area contributed by atoms with Gasteiger partial charge in [-0.05, 0) is 12.5 Å². The first kappa shape index (κ1) is 13.6. The Kier molecular flexibility index (Phi) is 4.19. The molecule has 0 bridgehead atoms. The van der Waals surface area contributed by atoms with Gasteiger partial charge in [0.05, 0.1) is 0 Å². The van der Waals surface area contributed by atoms with Gasteiger partial charge >= 0.3 is 0 Å². The minimum absolute atomic E-state index is 0.0236. The number of hydrogen-bond acceptors (Lipinski definition) is 3. The fourth-order valence-electron chi connectivity index (χ4n) is 2.29. The molecule has 1 aliphatic heterocycles. The smallest absolute Gasteiger partial charge is 0.245 e. The minimum Gasteiger partial charge on any atom is -0.344 e. The maximum atomic E-state index is 12.3. The van der Waals surface area contributed by atoms with Crippen LogP contribution in [0.3, 0.4) is 0 Å². The Balaban J connectivity index is 2.00. The van der Waals surface area contributed by atoms with Gasteiger partial charge in [-0.3, -0.25) is 14.3 Å². The molecule has 19 heavy (non-hydrogen) atoms. The van der Waals surface area contributed by atoms with E-state index in [4.69, 9.17) is 0 Å². The lowest BCUT2D eigenvalue weighted by molar-refractivity contribution is -0.133. The van der Waals surface area contributed by atoms with Gasteiger partial charge in [-0.1, -0.05) is 6.92 Å². The molecule has 6 nitrogen and oxygen atoms in total.